The van der Waals surface area contributed by atoms with Gasteiger partial charge in [0.2, 0.25) is 5.78 Å². The highest BCUT2D eigenvalue weighted by Crippen LogP contribution is 2.38. The van der Waals surface area contributed by atoms with E-state index in [-0.39, 0.29) is 11.5 Å². The van der Waals surface area contributed by atoms with Gasteiger partial charge in [0.1, 0.15) is 18.1 Å². The van der Waals surface area contributed by atoms with E-state index in [2.05, 4.69) is 0 Å². The van der Waals surface area contributed by atoms with E-state index >= 15 is 0 Å². The number of rotatable bonds is 4. The second-order valence-electron chi connectivity index (χ2n) is 6.76. The molecule has 1 aliphatic rings. The summed E-state index contributed by atoms with van der Waals surface area (Å²) in [6.07, 6.45) is 1.64. The number of Topliss-reactive ketones (excluding diaryl/α,β-unsaturated/α-hetero) is 1. The Morgan fingerprint density at radius 3 is 2.30 bits per heavy atom. The molecule has 1 heterocycles. The highest BCUT2D eigenvalue weighted by atomic mass is 35.5. The summed E-state index contributed by atoms with van der Waals surface area (Å²) in [7, 11) is 0. The maximum absolute atomic E-state index is 12.8. The lowest BCUT2D eigenvalue weighted by Gasteiger charge is -2.10. The summed E-state index contributed by atoms with van der Waals surface area (Å²) in [5.41, 5.74) is 2.87. The molecule has 30 heavy (non-hydrogen) atoms. The molecule has 0 radical (unpaired) electrons. The molecule has 0 fully saturated rings. The summed E-state index contributed by atoms with van der Waals surface area (Å²) in [5.74, 6) is 1.06. The summed E-state index contributed by atoms with van der Waals surface area (Å²) in [4.78, 5) is 12.8. The number of fused-ring (bicyclic) bond motifs is 1. The van der Waals surface area contributed by atoms with Gasteiger partial charge in [-0.15, -0.1) is 0 Å². The molecule has 4 rings (SSSR count). The van der Waals surface area contributed by atoms with Crippen LogP contribution in [0.3, 0.4) is 0 Å². The summed E-state index contributed by atoms with van der Waals surface area (Å²) < 4.78 is 11.7. The first-order valence-corrected chi connectivity index (χ1v) is 10.4. The Kier molecular flexibility index (Phi) is 5.99. The molecule has 0 saturated heterocycles. The summed E-state index contributed by atoms with van der Waals surface area (Å²) >= 11 is 24.0. The number of benzene rings is 3. The largest absolute Gasteiger partial charge is 0.489 e. The van der Waals surface area contributed by atoms with Gasteiger partial charge in [-0.2, -0.15) is 0 Å². The van der Waals surface area contributed by atoms with E-state index < -0.39 is 0 Å². The maximum atomic E-state index is 12.8. The summed E-state index contributed by atoms with van der Waals surface area (Å²) in [6.45, 7) is 2.14. The fraction of sp³-hybridized carbons (Fsp3) is 0.0870. The number of aryl methyl sites for hydroxylation is 1. The molecule has 0 saturated carbocycles. The van der Waals surface area contributed by atoms with Gasteiger partial charge in [-0.3, -0.25) is 4.79 Å². The number of ketones is 1. The van der Waals surface area contributed by atoms with Gasteiger partial charge in [-0.1, -0.05) is 58.5 Å². The lowest BCUT2D eigenvalue weighted by molar-refractivity contribution is 0.101. The number of hydrogen-bond donors (Lipinski definition) is 0. The number of carbonyl (C=O) groups is 1. The monoisotopic (exact) mass is 478 g/mol. The minimum Gasteiger partial charge on any atom is -0.489 e. The molecular weight excluding hydrogens is 466 g/mol. The Morgan fingerprint density at radius 1 is 0.900 bits per heavy atom. The zero-order chi connectivity index (χ0) is 21.4. The highest BCUT2D eigenvalue weighted by molar-refractivity contribution is 6.42. The molecule has 3 aromatic carbocycles. The fourth-order valence-electron chi connectivity index (χ4n) is 3.11. The van der Waals surface area contributed by atoms with Crippen LogP contribution in [0.25, 0.3) is 6.08 Å². The first-order valence-electron chi connectivity index (χ1n) is 8.92. The molecule has 1 aliphatic heterocycles. The molecule has 0 amide bonds. The lowest BCUT2D eigenvalue weighted by atomic mass is 10.0. The topological polar surface area (TPSA) is 35.5 Å². The van der Waals surface area contributed by atoms with Gasteiger partial charge >= 0.3 is 0 Å². The van der Waals surface area contributed by atoms with Crippen molar-refractivity contribution in [1.29, 1.82) is 0 Å². The van der Waals surface area contributed by atoms with Gasteiger partial charge in [-0.25, -0.2) is 0 Å². The van der Waals surface area contributed by atoms with Crippen LogP contribution in [0.1, 0.15) is 27.0 Å². The number of ether oxygens (including phenoxy) is 2. The second-order valence-corrected chi connectivity index (χ2v) is 8.39. The average Bonchev–Trinajstić information content (AvgIpc) is 3.01. The van der Waals surface area contributed by atoms with Gasteiger partial charge < -0.3 is 9.47 Å². The van der Waals surface area contributed by atoms with Crippen LogP contribution in [0.2, 0.25) is 20.1 Å². The van der Waals surface area contributed by atoms with Crippen LogP contribution in [0.4, 0.5) is 0 Å². The summed E-state index contributed by atoms with van der Waals surface area (Å²) in [5, 5.41) is 1.81. The lowest BCUT2D eigenvalue weighted by Crippen LogP contribution is -2.00. The Balaban J connectivity index is 1.56. The third-order valence-electron chi connectivity index (χ3n) is 4.57. The van der Waals surface area contributed by atoms with Crippen LogP contribution >= 0.6 is 46.4 Å². The van der Waals surface area contributed by atoms with Crippen LogP contribution in [0.15, 0.2) is 54.3 Å². The van der Waals surface area contributed by atoms with Gasteiger partial charge in [0, 0.05) is 6.07 Å². The van der Waals surface area contributed by atoms with Gasteiger partial charge in [0.15, 0.2) is 5.76 Å². The first-order chi connectivity index (χ1) is 14.3. The van der Waals surface area contributed by atoms with Gasteiger partial charge in [-0.05, 0) is 60.0 Å². The van der Waals surface area contributed by atoms with Crippen molar-refractivity contribution in [1.82, 2.24) is 0 Å². The average molecular weight is 480 g/mol. The van der Waals surface area contributed by atoms with Crippen molar-refractivity contribution < 1.29 is 14.3 Å². The number of halogens is 4. The van der Waals surface area contributed by atoms with Crippen molar-refractivity contribution >= 4 is 58.3 Å². The van der Waals surface area contributed by atoms with E-state index in [0.717, 1.165) is 11.1 Å². The molecule has 3 nitrogen and oxygen atoms in total. The zero-order valence-corrected chi connectivity index (χ0v) is 18.7. The third-order valence-corrected chi connectivity index (χ3v) is 6.05. The molecule has 0 atom stereocenters. The number of hydrogen-bond acceptors (Lipinski definition) is 3. The van der Waals surface area contributed by atoms with Crippen LogP contribution in [0.5, 0.6) is 11.5 Å². The van der Waals surface area contributed by atoms with Crippen molar-refractivity contribution in [2.45, 2.75) is 13.5 Å². The minimum absolute atomic E-state index is 0.190. The maximum Gasteiger partial charge on any atom is 0.232 e. The molecule has 0 bridgehead atoms. The standard InChI is InChI=1S/C23H14Cl4O3/c1-12-6-15(29-11-14-3-5-17(25)19(27)8-14)10-20-22(12)23(28)21(30-20)9-13-2-4-16(24)18(26)7-13/h2-10H,11H2,1H3/b21-9-. The zero-order valence-electron chi connectivity index (χ0n) is 15.6. The predicted molar refractivity (Wildman–Crippen MR) is 121 cm³/mol. The number of allylic oxidation sites excluding steroid dienone is 1. The molecule has 0 unspecified atom stereocenters. The third kappa shape index (κ3) is 4.30. The van der Waals surface area contributed by atoms with Gasteiger partial charge in [0.05, 0.1) is 25.7 Å². The Hall–Kier alpha value is -2.17. The van der Waals surface area contributed by atoms with Crippen molar-refractivity contribution in [2.24, 2.45) is 0 Å². The smallest absolute Gasteiger partial charge is 0.232 e. The van der Waals surface area contributed by atoms with E-state index in [0.29, 0.717) is 49.3 Å². The molecular formula is C23H14Cl4O3. The van der Waals surface area contributed by atoms with Gasteiger partial charge in [0.25, 0.3) is 0 Å². The van der Waals surface area contributed by atoms with Crippen LogP contribution < -0.4 is 9.47 Å². The number of carbonyl (C=O) groups excluding carboxylic acids is 1. The van der Waals surface area contributed by atoms with Crippen LogP contribution in [-0.4, -0.2) is 5.78 Å². The molecule has 152 valence electrons. The normalized spacial score (nSPS) is 14.0. The fourth-order valence-corrected chi connectivity index (χ4v) is 3.74. The molecule has 0 spiro atoms. The van der Waals surface area contributed by atoms with Crippen molar-refractivity contribution in [3.63, 3.8) is 0 Å². The Labute approximate surface area is 193 Å². The van der Waals surface area contributed by atoms with Crippen LogP contribution in [0, 0.1) is 6.92 Å². The van der Waals surface area contributed by atoms with Crippen LogP contribution in [-0.2, 0) is 6.61 Å². The molecule has 0 aromatic heterocycles. The molecule has 3 aromatic rings. The first kappa shape index (κ1) is 21.1. The van der Waals surface area contributed by atoms with E-state index in [1.165, 1.54) is 0 Å². The molecule has 0 aliphatic carbocycles. The quantitative estimate of drug-likeness (QED) is 0.358. The van der Waals surface area contributed by atoms with E-state index in [1.807, 2.05) is 13.0 Å². The second kappa shape index (κ2) is 8.52. The van der Waals surface area contributed by atoms with Crippen molar-refractivity contribution in [3.05, 3.63) is 96.6 Å². The summed E-state index contributed by atoms with van der Waals surface area (Å²) in [6, 6.07) is 13.9. The van der Waals surface area contributed by atoms with Crippen molar-refractivity contribution in [3.8, 4) is 11.5 Å². The van der Waals surface area contributed by atoms with Crippen molar-refractivity contribution in [2.75, 3.05) is 0 Å². The minimum atomic E-state index is -0.190. The molecule has 0 N–H and O–H groups in total. The Bertz CT molecular complexity index is 1200. The predicted octanol–water partition coefficient (Wildman–Crippen LogP) is 7.80. The SMILES string of the molecule is Cc1cc(OCc2ccc(Cl)c(Cl)c2)cc2c1C(=O)/C(=C/c1ccc(Cl)c(Cl)c1)O2. The van der Waals surface area contributed by atoms with E-state index in [1.54, 1.807) is 48.5 Å². The molecule has 7 heteroatoms. The van der Waals surface area contributed by atoms with E-state index in [9.17, 15) is 4.79 Å². The highest BCUT2D eigenvalue weighted by Gasteiger charge is 2.30. The Morgan fingerprint density at radius 2 is 1.60 bits per heavy atom. The van der Waals surface area contributed by atoms with E-state index in [4.69, 9.17) is 55.9 Å².